The molecule has 2 N–H and O–H groups in total. The zero-order valence-corrected chi connectivity index (χ0v) is 11.1. The highest BCUT2D eigenvalue weighted by Gasteiger charge is 2.39. The van der Waals surface area contributed by atoms with Crippen molar-refractivity contribution in [3.63, 3.8) is 0 Å². The van der Waals surface area contributed by atoms with Crippen molar-refractivity contribution < 1.29 is 4.74 Å². The van der Waals surface area contributed by atoms with Gasteiger partial charge in [-0.3, -0.25) is 4.68 Å². The fourth-order valence-electron chi connectivity index (χ4n) is 3.01. The van der Waals surface area contributed by atoms with Gasteiger partial charge in [-0.05, 0) is 25.7 Å². The molecule has 1 aromatic rings. The van der Waals surface area contributed by atoms with Gasteiger partial charge in [0.25, 0.3) is 0 Å². The Kier molecular flexibility index (Phi) is 3.43. The van der Waals surface area contributed by atoms with Gasteiger partial charge in [-0.2, -0.15) is 5.10 Å². The van der Waals surface area contributed by atoms with E-state index in [1.807, 2.05) is 6.20 Å². The molecule has 0 aliphatic heterocycles. The number of methoxy groups -OCH3 is 1. The SMILES string of the molecule is CCCn1ncc(OC)c1C1(C)CCC(N)C1. The standard InChI is InChI=1S/C13H23N3O/c1-4-7-16-12(11(17-3)9-15-16)13(2)6-5-10(14)8-13/h9-10H,4-8,14H2,1-3H3. The summed E-state index contributed by atoms with van der Waals surface area (Å²) < 4.78 is 7.56. The molecular formula is C13H23N3O. The summed E-state index contributed by atoms with van der Waals surface area (Å²) in [6.07, 6.45) is 6.16. The van der Waals surface area contributed by atoms with Crippen molar-refractivity contribution in [2.75, 3.05) is 7.11 Å². The molecule has 2 rings (SSSR count). The van der Waals surface area contributed by atoms with Crippen LogP contribution in [0.15, 0.2) is 6.20 Å². The van der Waals surface area contributed by atoms with Crippen molar-refractivity contribution in [3.05, 3.63) is 11.9 Å². The maximum absolute atomic E-state index is 6.06. The third kappa shape index (κ3) is 2.18. The normalized spacial score (nSPS) is 28.6. The van der Waals surface area contributed by atoms with E-state index in [4.69, 9.17) is 10.5 Å². The van der Waals surface area contributed by atoms with E-state index < -0.39 is 0 Å². The molecule has 0 bridgehead atoms. The minimum atomic E-state index is 0.121. The summed E-state index contributed by atoms with van der Waals surface area (Å²) in [6.45, 7) is 5.40. The van der Waals surface area contributed by atoms with Crippen molar-refractivity contribution >= 4 is 0 Å². The molecular weight excluding hydrogens is 214 g/mol. The van der Waals surface area contributed by atoms with E-state index in [-0.39, 0.29) is 5.41 Å². The highest BCUT2D eigenvalue weighted by atomic mass is 16.5. The molecule has 1 aliphatic rings. The second-order valence-corrected chi connectivity index (χ2v) is 5.35. The van der Waals surface area contributed by atoms with Crippen LogP contribution in [0.4, 0.5) is 0 Å². The Morgan fingerprint density at radius 1 is 1.65 bits per heavy atom. The summed E-state index contributed by atoms with van der Waals surface area (Å²) in [5.74, 6) is 0.912. The van der Waals surface area contributed by atoms with E-state index in [0.29, 0.717) is 6.04 Å². The molecule has 2 atom stereocenters. The number of aryl methyl sites for hydroxylation is 1. The Morgan fingerprint density at radius 3 is 2.94 bits per heavy atom. The number of rotatable bonds is 4. The second kappa shape index (κ2) is 4.69. The lowest BCUT2D eigenvalue weighted by molar-refractivity contribution is 0.366. The van der Waals surface area contributed by atoms with Crippen LogP contribution < -0.4 is 10.5 Å². The molecule has 0 aromatic carbocycles. The van der Waals surface area contributed by atoms with Gasteiger partial charge in [0.05, 0.1) is 19.0 Å². The number of nitrogens with two attached hydrogens (primary N) is 1. The first-order chi connectivity index (χ1) is 8.10. The van der Waals surface area contributed by atoms with Gasteiger partial charge in [0.15, 0.2) is 5.75 Å². The van der Waals surface area contributed by atoms with Crippen molar-refractivity contribution in [1.82, 2.24) is 9.78 Å². The molecule has 17 heavy (non-hydrogen) atoms. The van der Waals surface area contributed by atoms with Gasteiger partial charge in [0.2, 0.25) is 0 Å². The minimum Gasteiger partial charge on any atom is -0.493 e. The molecule has 1 saturated carbocycles. The predicted octanol–water partition coefficient (Wildman–Crippen LogP) is 2.07. The molecule has 4 heteroatoms. The molecule has 0 amide bonds. The van der Waals surface area contributed by atoms with Gasteiger partial charge < -0.3 is 10.5 Å². The Morgan fingerprint density at radius 2 is 2.41 bits per heavy atom. The van der Waals surface area contributed by atoms with Crippen LogP contribution in [0, 0.1) is 0 Å². The number of hydrogen-bond acceptors (Lipinski definition) is 3. The summed E-state index contributed by atoms with van der Waals surface area (Å²) in [7, 11) is 1.72. The van der Waals surface area contributed by atoms with Crippen LogP contribution in [0.1, 0.15) is 45.2 Å². The fraction of sp³-hybridized carbons (Fsp3) is 0.769. The van der Waals surface area contributed by atoms with Crippen LogP contribution in [0.3, 0.4) is 0 Å². The molecule has 1 aliphatic carbocycles. The van der Waals surface area contributed by atoms with Crippen LogP contribution in [0.2, 0.25) is 0 Å². The average molecular weight is 237 g/mol. The molecule has 0 radical (unpaired) electrons. The summed E-state index contributed by atoms with van der Waals surface area (Å²) in [5, 5.41) is 4.44. The van der Waals surface area contributed by atoms with Gasteiger partial charge in [-0.25, -0.2) is 0 Å². The smallest absolute Gasteiger partial charge is 0.160 e. The van der Waals surface area contributed by atoms with Crippen LogP contribution in [-0.4, -0.2) is 22.9 Å². The highest BCUT2D eigenvalue weighted by molar-refractivity contribution is 5.33. The Bertz CT molecular complexity index is 388. The van der Waals surface area contributed by atoms with Crippen molar-refractivity contribution in [2.45, 2.75) is 57.5 Å². The van der Waals surface area contributed by atoms with E-state index in [0.717, 1.165) is 38.0 Å². The first-order valence-electron chi connectivity index (χ1n) is 6.46. The van der Waals surface area contributed by atoms with Gasteiger partial charge in [0.1, 0.15) is 0 Å². The van der Waals surface area contributed by atoms with Crippen molar-refractivity contribution in [3.8, 4) is 5.75 Å². The van der Waals surface area contributed by atoms with E-state index in [2.05, 4.69) is 23.6 Å². The van der Waals surface area contributed by atoms with E-state index in [1.54, 1.807) is 7.11 Å². The highest BCUT2D eigenvalue weighted by Crippen LogP contribution is 2.43. The van der Waals surface area contributed by atoms with E-state index >= 15 is 0 Å². The topological polar surface area (TPSA) is 53.1 Å². The fourth-order valence-corrected chi connectivity index (χ4v) is 3.01. The number of hydrogen-bond donors (Lipinski definition) is 1. The van der Waals surface area contributed by atoms with E-state index in [1.165, 1.54) is 5.69 Å². The summed E-state index contributed by atoms with van der Waals surface area (Å²) in [5.41, 5.74) is 7.41. The Balaban J connectivity index is 2.38. The zero-order chi connectivity index (χ0) is 12.5. The summed E-state index contributed by atoms with van der Waals surface area (Å²) in [6, 6.07) is 0.315. The van der Waals surface area contributed by atoms with Crippen LogP contribution in [0.5, 0.6) is 5.75 Å². The lowest BCUT2D eigenvalue weighted by Gasteiger charge is -2.26. The third-order valence-corrected chi connectivity index (χ3v) is 3.81. The van der Waals surface area contributed by atoms with Crippen LogP contribution in [-0.2, 0) is 12.0 Å². The largest absolute Gasteiger partial charge is 0.493 e. The van der Waals surface area contributed by atoms with Crippen molar-refractivity contribution in [1.29, 1.82) is 0 Å². The molecule has 1 heterocycles. The van der Waals surface area contributed by atoms with Gasteiger partial charge in [-0.15, -0.1) is 0 Å². The lowest BCUT2D eigenvalue weighted by atomic mass is 9.84. The van der Waals surface area contributed by atoms with Crippen molar-refractivity contribution in [2.24, 2.45) is 5.73 Å². The van der Waals surface area contributed by atoms with Crippen LogP contribution >= 0.6 is 0 Å². The number of ether oxygens (including phenoxy) is 1. The van der Waals surface area contributed by atoms with Gasteiger partial charge >= 0.3 is 0 Å². The molecule has 96 valence electrons. The Hall–Kier alpha value is -1.03. The van der Waals surface area contributed by atoms with Gasteiger partial charge in [0, 0.05) is 18.0 Å². The van der Waals surface area contributed by atoms with Crippen LogP contribution in [0.25, 0.3) is 0 Å². The molecule has 2 unspecified atom stereocenters. The maximum atomic E-state index is 6.06. The zero-order valence-electron chi connectivity index (χ0n) is 11.1. The summed E-state index contributed by atoms with van der Waals surface area (Å²) in [4.78, 5) is 0. The second-order valence-electron chi connectivity index (χ2n) is 5.35. The van der Waals surface area contributed by atoms with Gasteiger partial charge in [-0.1, -0.05) is 13.8 Å². The Labute approximate surface area is 103 Å². The monoisotopic (exact) mass is 237 g/mol. The minimum absolute atomic E-state index is 0.121. The molecule has 4 nitrogen and oxygen atoms in total. The molecule has 0 spiro atoms. The first-order valence-corrected chi connectivity index (χ1v) is 6.46. The number of nitrogens with zero attached hydrogens (tertiary/aromatic N) is 2. The quantitative estimate of drug-likeness (QED) is 0.872. The first kappa shape index (κ1) is 12.4. The average Bonchev–Trinajstić information content (AvgIpc) is 2.84. The third-order valence-electron chi connectivity index (χ3n) is 3.81. The maximum Gasteiger partial charge on any atom is 0.160 e. The molecule has 1 aromatic heterocycles. The molecule has 0 saturated heterocycles. The summed E-state index contributed by atoms with van der Waals surface area (Å²) >= 11 is 0. The van der Waals surface area contributed by atoms with E-state index in [9.17, 15) is 0 Å². The lowest BCUT2D eigenvalue weighted by Crippen LogP contribution is -2.26. The predicted molar refractivity (Wildman–Crippen MR) is 68.2 cm³/mol. The number of aromatic nitrogens is 2. The molecule has 1 fully saturated rings.